The van der Waals surface area contributed by atoms with Crippen molar-refractivity contribution in [3.05, 3.63) is 42.4 Å². The minimum atomic E-state index is -3.14. The Bertz CT molecular complexity index is 992. The molecule has 1 spiro atoms. The van der Waals surface area contributed by atoms with E-state index in [2.05, 4.69) is 33.8 Å². The quantitative estimate of drug-likeness (QED) is 0.772. The number of H-pyrrole nitrogens is 1. The Morgan fingerprint density at radius 1 is 1.25 bits per heavy atom. The van der Waals surface area contributed by atoms with Crippen molar-refractivity contribution in [3.8, 4) is 11.3 Å². The molecule has 1 aliphatic carbocycles. The lowest BCUT2D eigenvalue weighted by molar-refractivity contribution is -0.705. The number of piperidine rings is 1. The van der Waals surface area contributed by atoms with Crippen molar-refractivity contribution in [2.45, 2.75) is 44.8 Å². The number of hydrogen-bond donors (Lipinski definition) is 2. The summed E-state index contributed by atoms with van der Waals surface area (Å²) in [5, 5.41) is 11.5. The van der Waals surface area contributed by atoms with Gasteiger partial charge in [-0.1, -0.05) is 24.3 Å². The summed E-state index contributed by atoms with van der Waals surface area (Å²) in [7, 11) is -3.14. The van der Waals surface area contributed by atoms with Crippen LogP contribution in [0.3, 0.4) is 0 Å². The number of fused-ring (bicyclic) bond motifs is 3. The van der Waals surface area contributed by atoms with Crippen LogP contribution in [0.15, 0.2) is 36.8 Å². The van der Waals surface area contributed by atoms with Crippen LogP contribution in [0.5, 0.6) is 0 Å². The molecule has 0 unspecified atom stereocenters. The zero-order valence-corrected chi connectivity index (χ0v) is 17.0. The van der Waals surface area contributed by atoms with Crippen molar-refractivity contribution < 1.29 is 18.1 Å². The van der Waals surface area contributed by atoms with E-state index < -0.39 is 16.1 Å². The molecule has 0 amide bonds. The Kier molecular flexibility index (Phi) is 4.19. The highest BCUT2D eigenvalue weighted by molar-refractivity contribution is 7.89. The largest absolute Gasteiger partial charge is 0.392 e. The Labute approximate surface area is 166 Å². The minimum Gasteiger partial charge on any atom is -0.392 e. The van der Waals surface area contributed by atoms with Crippen molar-refractivity contribution in [2.24, 2.45) is 11.3 Å². The number of hydrogen-bond acceptors (Lipinski definition) is 3. The molecule has 6 nitrogen and oxygen atoms in total. The van der Waals surface area contributed by atoms with E-state index in [1.165, 1.54) is 16.8 Å². The van der Waals surface area contributed by atoms with Crippen LogP contribution >= 0.6 is 0 Å². The van der Waals surface area contributed by atoms with Gasteiger partial charge in [0.05, 0.1) is 11.9 Å². The molecule has 3 atom stereocenters. The molecule has 1 aromatic carbocycles. The third-order valence-corrected chi connectivity index (χ3v) is 9.34. The van der Waals surface area contributed by atoms with E-state index in [0.717, 1.165) is 25.7 Å². The molecule has 7 heteroatoms. The molecule has 1 saturated heterocycles. The predicted octanol–water partition coefficient (Wildman–Crippen LogP) is 2.07. The van der Waals surface area contributed by atoms with E-state index in [0.29, 0.717) is 13.1 Å². The average Bonchev–Trinajstić information content (AvgIpc) is 3.38. The van der Waals surface area contributed by atoms with E-state index in [9.17, 15) is 13.5 Å². The first-order valence-electron chi connectivity index (χ1n) is 10.3. The molecule has 0 radical (unpaired) electrons. The molecule has 0 bridgehead atoms. The van der Waals surface area contributed by atoms with Gasteiger partial charge in [0.15, 0.2) is 5.69 Å². The fraction of sp³-hybridized carbons (Fsp3) is 0.571. The van der Waals surface area contributed by atoms with Crippen molar-refractivity contribution in [1.82, 2.24) is 9.29 Å². The second kappa shape index (κ2) is 6.40. The smallest absolute Gasteiger partial charge is 0.242 e. The number of nitrogens with one attached hydrogen (secondary N) is 1. The number of nitrogens with zero attached hydrogens (tertiary/aromatic N) is 2. The van der Waals surface area contributed by atoms with Gasteiger partial charge >= 0.3 is 0 Å². The zero-order chi connectivity index (χ0) is 19.5. The molecule has 2 aliphatic heterocycles. The van der Waals surface area contributed by atoms with Gasteiger partial charge in [0.2, 0.25) is 16.4 Å². The van der Waals surface area contributed by atoms with Crippen molar-refractivity contribution >= 4 is 10.0 Å². The summed E-state index contributed by atoms with van der Waals surface area (Å²) in [6, 6.07) is 8.62. The molecule has 5 rings (SSSR count). The van der Waals surface area contributed by atoms with Crippen LogP contribution in [0.25, 0.3) is 11.3 Å². The molecule has 3 aliphatic rings. The van der Waals surface area contributed by atoms with Crippen LogP contribution in [0.2, 0.25) is 0 Å². The Morgan fingerprint density at radius 3 is 2.75 bits per heavy atom. The normalized spacial score (nSPS) is 29.1. The molecular weight excluding hydrogens is 374 g/mol. The predicted molar refractivity (Wildman–Crippen MR) is 106 cm³/mol. The van der Waals surface area contributed by atoms with E-state index in [1.807, 2.05) is 12.5 Å². The fourth-order valence-electron chi connectivity index (χ4n) is 5.85. The summed E-state index contributed by atoms with van der Waals surface area (Å²) in [5.41, 5.74) is 3.56. The van der Waals surface area contributed by atoms with Gasteiger partial charge in [-0.3, -0.25) is 0 Å². The molecule has 2 aromatic rings. The average molecular weight is 403 g/mol. The van der Waals surface area contributed by atoms with Gasteiger partial charge in [0.25, 0.3) is 0 Å². The number of aromatic amines is 1. The molecule has 2 fully saturated rings. The first-order chi connectivity index (χ1) is 13.5. The first-order valence-corrected chi connectivity index (χ1v) is 11.9. The van der Waals surface area contributed by atoms with Gasteiger partial charge in [-0.25, -0.2) is 22.3 Å². The van der Waals surface area contributed by atoms with Crippen LogP contribution in [0, 0.1) is 11.3 Å². The lowest BCUT2D eigenvalue weighted by atomic mass is 9.73. The number of rotatable bonds is 3. The van der Waals surface area contributed by atoms with Crippen molar-refractivity contribution in [2.75, 3.05) is 18.8 Å². The monoisotopic (exact) mass is 402 g/mol. The third kappa shape index (κ3) is 2.52. The maximum absolute atomic E-state index is 12.2. The van der Waals surface area contributed by atoms with Crippen LogP contribution in [-0.4, -0.2) is 47.8 Å². The van der Waals surface area contributed by atoms with Gasteiger partial charge in [-0.2, -0.15) is 0 Å². The van der Waals surface area contributed by atoms with Crippen molar-refractivity contribution in [1.29, 1.82) is 0 Å². The summed E-state index contributed by atoms with van der Waals surface area (Å²) in [4.78, 5) is 3.22. The highest BCUT2D eigenvalue weighted by Crippen LogP contribution is 2.54. The van der Waals surface area contributed by atoms with Gasteiger partial charge in [0, 0.05) is 30.1 Å². The molecule has 150 valence electrons. The van der Waals surface area contributed by atoms with Gasteiger partial charge < -0.3 is 5.11 Å². The van der Waals surface area contributed by atoms with E-state index in [1.54, 1.807) is 11.2 Å². The standard InChI is InChI=1S/C21H27N3O3S/c1-2-28(26,27)23-11-9-21(10-12-23)8-7-17(20(21)25)19-16-6-4-3-5-15(16)18-13-22-14-24(18)19/h3-6,13-14,17,19-20,25H,2,7-12H2,1H3/p+1/t17-,19+,20+/m0/s1. The van der Waals surface area contributed by atoms with E-state index >= 15 is 0 Å². The summed E-state index contributed by atoms with van der Waals surface area (Å²) < 4.78 is 28.3. The van der Waals surface area contributed by atoms with Gasteiger partial charge in [-0.15, -0.1) is 0 Å². The summed E-state index contributed by atoms with van der Waals surface area (Å²) >= 11 is 0. The Balaban J connectivity index is 1.42. The number of sulfonamides is 1. The van der Waals surface area contributed by atoms with Crippen molar-refractivity contribution in [3.63, 3.8) is 0 Å². The fourth-order valence-corrected chi connectivity index (χ4v) is 6.95. The molecule has 1 saturated carbocycles. The zero-order valence-electron chi connectivity index (χ0n) is 16.2. The summed E-state index contributed by atoms with van der Waals surface area (Å²) in [6.07, 6.45) is 7.07. The molecule has 3 heterocycles. The Morgan fingerprint density at radius 2 is 2.00 bits per heavy atom. The highest BCUT2D eigenvalue weighted by Gasteiger charge is 2.55. The van der Waals surface area contributed by atoms with Gasteiger partial charge in [0.1, 0.15) is 12.2 Å². The Hall–Kier alpha value is -1.70. The number of aliphatic hydroxyl groups is 1. The van der Waals surface area contributed by atoms with Crippen LogP contribution in [0.4, 0.5) is 0 Å². The minimum absolute atomic E-state index is 0.143. The van der Waals surface area contributed by atoms with Gasteiger partial charge in [-0.05, 0) is 38.0 Å². The number of benzene rings is 1. The van der Waals surface area contributed by atoms with Crippen LogP contribution in [0.1, 0.15) is 44.2 Å². The lowest BCUT2D eigenvalue weighted by Crippen LogP contribution is -2.50. The van der Waals surface area contributed by atoms with E-state index in [4.69, 9.17) is 0 Å². The molecule has 1 aromatic heterocycles. The third-order valence-electron chi connectivity index (χ3n) is 7.46. The summed E-state index contributed by atoms with van der Waals surface area (Å²) in [5.74, 6) is 0.300. The number of aromatic nitrogens is 2. The molecule has 28 heavy (non-hydrogen) atoms. The number of aliphatic hydroxyl groups excluding tert-OH is 1. The van der Waals surface area contributed by atoms with E-state index in [-0.39, 0.29) is 23.1 Å². The lowest BCUT2D eigenvalue weighted by Gasteiger charge is -2.42. The maximum Gasteiger partial charge on any atom is 0.242 e. The van der Waals surface area contributed by atoms with Crippen LogP contribution in [-0.2, 0) is 10.0 Å². The molecule has 2 N–H and O–H groups in total. The topological polar surface area (TPSA) is 77.3 Å². The maximum atomic E-state index is 12.2. The second-order valence-electron chi connectivity index (χ2n) is 8.57. The van der Waals surface area contributed by atoms with Crippen LogP contribution < -0.4 is 4.57 Å². The molecular formula is C21H28N3O3S+. The highest BCUT2D eigenvalue weighted by atomic mass is 32.2. The number of imidazole rings is 1. The SMILES string of the molecule is CCS(=O)(=O)N1CCC2(CC[C@@H]([C@H]3c4ccccc4-c4c[nH]c[n+]43)[C@H]2O)CC1. The first kappa shape index (κ1) is 18.3. The second-order valence-corrected chi connectivity index (χ2v) is 10.8. The summed E-state index contributed by atoms with van der Waals surface area (Å²) in [6.45, 7) is 2.76.